The number of benzene rings is 2. The van der Waals surface area contributed by atoms with Gasteiger partial charge in [-0.1, -0.05) is 30.3 Å². The summed E-state index contributed by atoms with van der Waals surface area (Å²) < 4.78 is 5.59. The number of carboxylic acids is 1. The number of carbonyl (C=O) groups excluding carboxylic acids is 3. The van der Waals surface area contributed by atoms with Gasteiger partial charge in [0.25, 0.3) is 11.8 Å². The third-order valence-corrected chi connectivity index (χ3v) is 3.71. The summed E-state index contributed by atoms with van der Waals surface area (Å²) in [6.07, 6.45) is 1.22. The van der Waals surface area contributed by atoms with Crippen molar-refractivity contribution in [3.8, 4) is 5.75 Å². The van der Waals surface area contributed by atoms with Gasteiger partial charge in [-0.3, -0.25) is 9.59 Å². The number of amides is 2. The minimum atomic E-state index is -1.27. The molecule has 2 aromatic rings. The fourth-order valence-corrected chi connectivity index (χ4v) is 2.40. The Balaban J connectivity index is 2.20. The monoisotopic (exact) mass is 395 g/mol. The SMILES string of the molecule is CC(C)Oc1ccc(/C=C(/NC(=O)c2ccccc2)C(=O)NCCC(=O)[O-])cc1. The highest BCUT2D eigenvalue weighted by Gasteiger charge is 2.14. The minimum absolute atomic E-state index is 0.00488. The first-order valence-corrected chi connectivity index (χ1v) is 9.18. The molecule has 152 valence electrons. The molecule has 0 aliphatic heterocycles. The highest BCUT2D eigenvalue weighted by atomic mass is 16.5. The molecule has 29 heavy (non-hydrogen) atoms. The van der Waals surface area contributed by atoms with Crippen LogP contribution < -0.4 is 20.5 Å². The van der Waals surface area contributed by atoms with Gasteiger partial charge < -0.3 is 25.3 Å². The second-order valence-corrected chi connectivity index (χ2v) is 6.49. The van der Waals surface area contributed by atoms with Gasteiger partial charge in [0.15, 0.2) is 0 Å². The molecule has 0 saturated heterocycles. The van der Waals surface area contributed by atoms with Crippen LogP contribution in [0.2, 0.25) is 0 Å². The fraction of sp³-hybridized carbons (Fsp3) is 0.227. The second kappa shape index (κ2) is 10.7. The number of ether oxygens (including phenoxy) is 1. The zero-order valence-electron chi connectivity index (χ0n) is 16.3. The van der Waals surface area contributed by atoms with E-state index in [1.54, 1.807) is 54.6 Å². The maximum Gasteiger partial charge on any atom is 0.267 e. The molecule has 0 aromatic heterocycles. The van der Waals surface area contributed by atoms with E-state index >= 15 is 0 Å². The topological polar surface area (TPSA) is 108 Å². The van der Waals surface area contributed by atoms with E-state index in [0.29, 0.717) is 16.9 Å². The van der Waals surface area contributed by atoms with Crippen LogP contribution >= 0.6 is 0 Å². The third-order valence-electron chi connectivity index (χ3n) is 3.71. The molecule has 0 bridgehead atoms. The normalized spacial score (nSPS) is 11.1. The lowest BCUT2D eigenvalue weighted by Crippen LogP contribution is -2.37. The van der Waals surface area contributed by atoms with Gasteiger partial charge in [-0.25, -0.2) is 0 Å². The highest BCUT2D eigenvalue weighted by molar-refractivity contribution is 6.05. The standard InChI is InChI=1S/C22H24N2O5/c1-15(2)29-18-10-8-16(9-11-18)14-19(22(28)23-13-12-20(25)26)24-21(27)17-6-4-3-5-7-17/h3-11,14-15H,12-13H2,1-2H3,(H,23,28)(H,24,27)(H,25,26)/p-1/b19-14+. The molecular formula is C22H23N2O5-. The van der Waals surface area contributed by atoms with Gasteiger partial charge in [-0.05, 0) is 49.8 Å². The first-order chi connectivity index (χ1) is 13.8. The van der Waals surface area contributed by atoms with Crippen molar-refractivity contribution >= 4 is 23.9 Å². The van der Waals surface area contributed by atoms with E-state index < -0.39 is 17.8 Å². The van der Waals surface area contributed by atoms with Gasteiger partial charge in [0.1, 0.15) is 11.4 Å². The third kappa shape index (κ3) is 7.50. The summed E-state index contributed by atoms with van der Waals surface area (Å²) in [5, 5.41) is 15.6. The Morgan fingerprint density at radius 3 is 2.28 bits per heavy atom. The first kappa shape index (κ1) is 21.7. The molecule has 7 heteroatoms. The van der Waals surface area contributed by atoms with E-state index in [2.05, 4.69) is 10.6 Å². The Bertz CT molecular complexity index is 874. The first-order valence-electron chi connectivity index (χ1n) is 9.18. The molecule has 2 rings (SSSR count). The quantitative estimate of drug-likeness (QED) is 0.626. The molecule has 7 nitrogen and oxygen atoms in total. The van der Waals surface area contributed by atoms with E-state index in [4.69, 9.17) is 4.74 Å². The van der Waals surface area contributed by atoms with Crippen LogP contribution in [0.4, 0.5) is 0 Å². The second-order valence-electron chi connectivity index (χ2n) is 6.49. The molecule has 0 atom stereocenters. The molecule has 0 heterocycles. The fourth-order valence-electron chi connectivity index (χ4n) is 2.40. The highest BCUT2D eigenvalue weighted by Crippen LogP contribution is 2.16. The summed E-state index contributed by atoms with van der Waals surface area (Å²) >= 11 is 0. The summed E-state index contributed by atoms with van der Waals surface area (Å²) in [5.74, 6) is -1.64. The number of carboxylic acid groups (broad SMARTS) is 1. The van der Waals surface area contributed by atoms with E-state index in [0.717, 1.165) is 0 Å². The zero-order valence-corrected chi connectivity index (χ0v) is 16.3. The Morgan fingerprint density at radius 2 is 1.69 bits per heavy atom. The maximum absolute atomic E-state index is 12.5. The largest absolute Gasteiger partial charge is 0.550 e. The lowest BCUT2D eigenvalue weighted by molar-refractivity contribution is -0.305. The Hall–Kier alpha value is -3.61. The van der Waals surface area contributed by atoms with Crippen molar-refractivity contribution in [2.45, 2.75) is 26.4 Å². The van der Waals surface area contributed by atoms with Crippen molar-refractivity contribution in [2.24, 2.45) is 0 Å². The summed E-state index contributed by atoms with van der Waals surface area (Å²) in [4.78, 5) is 35.5. The molecular weight excluding hydrogens is 372 g/mol. The molecule has 0 saturated carbocycles. The van der Waals surface area contributed by atoms with E-state index in [-0.39, 0.29) is 24.8 Å². The van der Waals surface area contributed by atoms with Crippen LogP contribution in [0, 0.1) is 0 Å². The predicted molar refractivity (Wildman–Crippen MR) is 107 cm³/mol. The lowest BCUT2D eigenvalue weighted by Gasteiger charge is -2.12. The summed E-state index contributed by atoms with van der Waals surface area (Å²) in [5.41, 5.74) is 1.05. The van der Waals surface area contributed by atoms with Gasteiger partial charge in [-0.15, -0.1) is 0 Å². The number of hydrogen-bond acceptors (Lipinski definition) is 5. The number of rotatable bonds is 9. The maximum atomic E-state index is 12.5. The van der Waals surface area contributed by atoms with Crippen molar-refractivity contribution in [3.63, 3.8) is 0 Å². The van der Waals surface area contributed by atoms with Crippen LogP contribution in [0.3, 0.4) is 0 Å². The zero-order chi connectivity index (χ0) is 21.2. The van der Waals surface area contributed by atoms with Crippen LogP contribution in [0.25, 0.3) is 6.08 Å². The Labute approximate surface area is 169 Å². The van der Waals surface area contributed by atoms with Gasteiger partial charge in [0.2, 0.25) is 0 Å². The number of carbonyl (C=O) groups is 3. The van der Waals surface area contributed by atoms with Crippen molar-refractivity contribution in [1.82, 2.24) is 10.6 Å². The van der Waals surface area contributed by atoms with Crippen molar-refractivity contribution < 1.29 is 24.2 Å². The average Bonchev–Trinajstić information content (AvgIpc) is 2.68. The molecule has 2 aromatic carbocycles. The van der Waals surface area contributed by atoms with E-state index in [1.807, 2.05) is 13.8 Å². The lowest BCUT2D eigenvalue weighted by atomic mass is 10.1. The van der Waals surface area contributed by atoms with E-state index in [9.17, 15) is 19.5 Å². The van der Waals surface area contributed by atoms with Gasteiger partial charge >= 0.3 is 0 Å². The van der Waals surface area contributed by atoms with Gasteiger partial charge in [0, 0.05) is 24.5 Å². The molecule has 0 radical (unpaired) electrons. The van der Waals surface area contributed by atoms with Crippen molar-refractivity contribution in [1.29, 1.82) is 0 Å². The van der Waals surface area contributed by atoms with Crippen LogP contribution in [-0.4, -0.2) is 30.4 Å². The number of aliphatic carboxylic acids is 1. The summed E-state index contributed by atoms with van der Waals surface area (Å²) in [6.45, 7) is 3.73. The van der Waals surface area contributed by atoms with Gasteiger partial charge in [0.05, 0.1) is 6.10 Å². The van der Waals surface area contributed by atoms with Crippen molar-refractivity contribution in [3.05, 3.63) is 71.4 Å². The van der Waals surface area contributed by atoms with Crippen LogP contribution in [0.15, 0.2) is 60.3 Å². The molecule has 0 unspecified atom stereocenters. The molecule has 0 aliphatic carbocycles. The summed E-state index contributed by atoms with van der Waals surface area (Å²) in [7, 11) is 0. The molecule has 0 spiro atoms. The number of hydrogen-bond donors (Lipinski definition) is 2. The molecule has 0 fully saturated rings. The predicted octanol–water partition coefficient (Wildman–Crippen LogP) is 1.50. The van der Waals surface area contributed by atoms with Crippen LogP contribution in [0.1, 0.15) is 36.2 Å². The van der Waals surface area contributed by atoms with Crippen molar-refractivity contribution in [2.75, 3.05) is 6.54 Å². The molecule has 2 amide bonds. The Kier molecular flexibility index (Phi) is 7.97. The smallest absolute Gasteiger partial charge is 0.267 e. The molecule has 2 N–H and O–H groups in total. The summed E-state index contributed by atoms with van der Waals surface area (Å²) in [6, 6.07) is 15.5. The minimum Gasteiger partial charge on any atom is -0.550 e. The van der Waals surface area contributed by atoms with Gasteiger partial charge in [-0.2, -0.15) is 0 Å². The Morgan fingerprint density at radius 1 is 1.03 bits per heavy atom. The molecule has 0 aliphatic rings. The van der Waals surface area contributed by atoms with E-state index in [1.165, 1.54) is 6.08 Å². The average molecular weight is 395 g/mol. The van der Waals surface area contributed by atoms with Crippen LogP contribution in [-0.2, 0) is 9.59 Å². The number of nitrogens with one attached hydrogen (secondary N) is 2. The van der Waals surface area contributed by atoms with Crippen LogP contribution in [0.5, 0.6) is 5.75 Å².